The zero-order valence-electron chi connectivity index (χ0n) is 13.8. The Hall–Kier alpha value is -1.30. The Morgan fingerprint density at radius 1 is 1.24 bits per heavy atom. The van der Waals surface area contributed by atoms with E-state index in [1.165, 1.54) is 0 Å². The Morgan fingerprint density at radius 2 is 1.76 bits per heavy atom. The summed E-state index contributed by atoms with van der Waals surface area (Å²) in [6.45, 7) is 10.6. The molecule has 122 valence electrons. The molecule has 1 rings (SSSR count). The summed E-state index contributed by atoms with van der Waals surface area (Å²) in [4.78, 5) is 25.6. The number of nitrogens with one attached hydrogen (secondary N) is 1. The minimum absolute atomic E-state index is 0.000665. The molecule has 2 amide bonds. The molecule has 1 aliphatic heterocycles. The maximum atomic E-state index is 12.1. The predicted octanol–water partition coefficient (Wildman–Crippen LogP) is 1.49. The molecule has 6 nitrogen and oxygen atoms in total. The number of carbonyl (C=O) groups is 2. The number of piperidine rings is 1. The van der Waals surface area contributed by atoms with Gasteiger partial charge in [-0.05, 0) is 39.5 Å². The van der Waals surface area contributed by atoms with Crippen LogP contribution in [0.2, 0.25) is 0 Å². The fraction of sp³-hybridized carbons (Fsp3) is 0.867. The van der Waals surface area contributed by atoms with Crippen molar-refractivity contribution >= 4 is 12.0 Å². The van der Waals surface area contributed by atoms with E-state index in [0.29, 0.717) is 13.1 Å². The van der Waals surface area contributed by atoms with Crippen LogP contribution in [0, 0.1) is 5.92 Å². The SMILES string of the molecule is CC(C)[C@@H](N)C(=O)N1CCC(NC(=O)OC(C)(C)C)CC1. The quantitative estimate of drug-likeness (QED) is 0.827. The lowest BCUT2D eigenvalue weighted by atomic mass is 10.0. The number of ether oxygens (including phenoxy) is 1. The van der Waals surface area contributed by atoms with Crippen molar-refractivity contribution in [2.24, 2.45) is 11.7 Å². The summed E-state index contributed by atoms with van der Waals surface area (Å²) in [6, 6.07) is -0.389. The number of rotatable bonds is 3. The van der Waals surface area contributed by atoms with Crippen molar-refractivity contribution in [1.82, 2.24) is 10.2 Å². The first kappa shape index (κ1) is 17.8. The van der Waals surface area contributed by atoms with Crippen LogP contribution in [0.25, 0.3) is 0 Å². The second kappa shape index (κ2) is 7.11. The van der Waals surface area contributed by atoms with E-state index < -0.39 is 17.7 Å². The van der Waals surface area contributed by atoms with Gasteiger partial charge in [0.2, 0.25) is 5.91 Å². The molecule has 0 saturated carbocycles. The van der Waals surface area contributed by atoms with Crippen LogP contribution < -0.4 is 11.1 Å². The smallest absolute Gasteiger partial charge is 0.407 e. The zero-order valence-corrected chi connectivity index (χ0v) is 13.8. The van der Waals surface area contributed by atoms with Crippen LogP contribution in [0.5, 0.6) is 0 Å². The van der Waals surface area contributed by atoms with Crippen LogP contribution in [0.1, 0.15) is 47.5 Å². The van der Waals surface area contributed by atoms with E-state index in [1.807, 2.05) is 34.6 Å². The van der Waals surface area contributed by atoms with Crippen molar-refractivity contribution in [3.05, 3.63) is 0 Å². The predicted molar refractivity (Wildman–Crippen MR) is 81.8 cm³/mol. The minimum atomic E-state index is -0.495. The van der Waals surface area contributed by atoms with Gasteiger partial charge in [-0.3, -0.25) is 4.79 Å². The van der Waals surface area contributed by atoms with Crippen molar-refractivity contribution in [1.29, 1.82) is 0 Å². The highest BCUT2D eigenvalue weighted by molar-refractivity contribution is 5.82. The topological polar surface area (TPSA) is 84.7 Å². The van der Waals surface area contributed by atoms with Crippen molar-refractivity contribution in [2.75, 3.05) is 13.1 Å². The van der Waals surface area contributed by atoms with Gasteiger partial charge in [0.05, 0.1) is 6.04 Å². The van der Waals surface area contributed by atoms with E-state index >= 15 is 0 Å². The summed E-state index contributed by atoms with van der Waals surface area (Å²) in [5.41, 5.74) is 5.40. The lowest BCUT2D eigenvalue weighted by Crippen LogP contribution is -2.52. The molecular weight excluding hydrogens is 270 g/mol. The molecule has 1 aliphatic rings. The third kappa shape index (κ3) is 5.91. The van der Waals surface area contributed by atoms with Gasteiger partial charge in [0, 0.05) is 19.1 Å². The molecule has 0 unspecified atom stereocenters. The molecule has 21 heavy (non-hydrogen) atoms. The van der Waals surface area contributed by atoms with Crippen LogP contribution in [0.4, 0.5) is 4.79 Å². The summed E-state index contributed by atoms with van der Waals surface area (Å²) in [7, 11) is 0. The maximum absolute atomic E-state index is 12.1. The van der Waals surface area contributed by atoms with Crippen LogP contribution in [0.15, 0.2) is 0 Å². The molecule has 1 fully saturated rings. The van der Waals surface area contributed by atoms with Gasteiger partial charge in [0.25, 0.3) is 0 Å². The Kier molecular flexibility index (Phi) is 6.01. The van der Waals surface area contributed by atoms with Crippen LogP contribution in [0.3, 0.4) is 0 Å². The van der Waals surface area contributed by atoms with Crippen molar-refractivity contribution in [2.45, 2.75) is 65.1 Å². The van der Waals surface area contributed by atoms with E-state index in [-0.39, 0.29) is 17.9 Å². The van der Waals surface area contributed by atoms with Gasteiger partial charge in [0.1, 0.15) is 5.60 Å². The summed E-state index contributed by atoms with van der Waals surface area (Å²) in [5, 5.41) is 2.86. The number of carbonyl (C=O) groups excluding carboxylic acids is 2. The molecule has 1 saturated heterocycles. The summed E-state index contributed by atoms with van der Waals surface area (Å²) in [6.07, 6.45) is 1.07. The van der Waals surface area contributed by atoms with Gasteiger partial charge < -0.3 is 20.7 Å². The fourth-order valence-electron chi connectivity index (χ4n) is 2.21. The van der Waals surface area contributed by atoms with E-state index in [4.69, 9.17) is 10.5 Å². The molecule has 0 spiro atoms. The highest BCUT2D eigenvalue weighted by atomic mass is 16.6. The van der Waals surface area contributed by atoms with Crippen LogP contribution in [-0.4, -0.2) is 47.7 Å². The highest BCUT2D eigenvalue weighted by Gasteiger charge is 2.29. The van der Waals surface area contributed by atoms with Crippen molar-refractivity contribution < 1.29 is 14.3 Å². The molecule has 1 heterocycles. The second-order valence-corrected chi connectivity index (χ2v) is 7.02. The lowest BCUT2D eigenvalue weighted by Gasteiger charge is -2.34. The zero-order chi connectivity index (χ0) is 16.2. The molecule has 0 aromatic carbocycles. The highest BCUT2D eigenvalue weighted by Crippen LogP contribution is 2.14. The third-order valence-electron chi connectivity index (χ3n) is 3.53. The molecular formula is C15H29N3O3. The van der Waals surface area contributed by atoms with Gasteiger partial charge in [-0.1, -0.05) is 13.8 Å². The Labute approximate surface area is 127 Å². The first-order valence-corrected chi connectivity index (χ1v) is 7.64. The van der Waals surface area contributed by atoms with Crippen molar-refractivity contribution in [3.63, 3.8) is 0 Å². The number of likely N-dealkylation sites (tertiary alicyclic amines) is 1. The number of hydrogen-bond donors (Lipinski definition) is 2. The van der Waals surface area contributed by atoms with E-state index in [2.05, 4.69) is 5.32 Å². The molecule has 3 N–H and O–H groups in total. The lowest BCUT2D eigenvalue weighted by molar-refractivity contribution is -0.134. The van der Waals surface area contributed by atoms with E-state index in [9.17, 15) is 9.59 Å². The molecule has 0 radical (unpaired) electrons. The summed E-state index contributed by atoms with van der Waals surface area (Å²) in [5.74, 6) is 0.135. The Bertz CT molecular complexity index is 369. The number of nitrogens with two attached hydrogens (primary N) is 1. The first-order chi connectivity index (χ1) is 9.60. The van der Waals surface area contributed by atoms with Gasteiger partial charge in [-0.15, -0.1) is 0 Å². The van der Waals surface area contributed by atoms with Gasteiger partial charge >= 0.3 is 6.09 Å². The molecule has 0 aromatic rings. The molecule has 0 aromatic heterocycles. The Balaban J connectivity index is 2.39. The summed E-state index contributed by atoms with van der Waals surface area (Å²) < 4.78 is 5.23. The average molecular weight is 299 g/mol. The standard InChI is InChI=1S/C15H29N3O3/c1-10(2)12(16)13(19)18-8-6-11(7-9-18)17-14(20)21-15(3,4)5/h10-12H,6-9,16H2,1-5H3,(H,17,20)/t12-/m1/s1. The molecule has 0 bridgehead atoms. The molecule has 6 heteroatoms. The monoisotopic (exact) mass is 299 g/mol. The number of nitrogens with zero attached hydrogens (tertiary/aromatic N) is 1. The molecule has 1 atom stereocenters. The van der Waals surface area contributed by atoms with Gasteiger partial charge in [-0.25, -0.2) is 4.79 Å². The number of alkyl carbamates (subject to hydrolysis) is 1. The van der Waals surface area contributed by atoms with E-state index in [1.54, 1.807) is 4.90 Å². The minimum Gasteiger partial charge on any atom is -0.444 e. The largest absolute Gasteiger partial charge is 0.444 e. The second-order valence-electron chi connectivity index (χ2n) is 7.02. The van der Waals surface area contributed by atoms with Crippen molar-refractivity contribution in [3.8, 4) is 0 Å². The maximum Gasteiger partial charge on any atom is 0.407 e. The van der Waals surface area contributed by atoms with Gasteiger partial charge in [0.15, 0.2) is 0 Å². The van der Waals surface area contributed by atoms with Crippen LogP contribution in [-0.2, 0) is 9.53 Å². The normalized spacial score (nSPS) is 18.5. The average Bonchev–Trinajstić information content (AvgIpc) is 2.35. The Morgan fingerprint density at radius 3 is 2.19 bits per heavy atom. The van der Waals surface area contributed by atoms with Gasteiger partial charge in [-0.2, -0.15) is 0 Å². The number of hydrogen-bond acceptors (Lipinski definition) is 4. The fourth-order valence-corrected chi connectivity index (χ4v) is 2.21. The third-order valence-corrected chi connectivity index (χ3v) is 3.53. The number of amides is 2. The van der Waals surface area contributed by atoms with Crippen LogP contribution >= 0.6 is 0 Å². The first-order valence-electron chi connectivity index (χ1n) is 7.64. The van der Waals surface area contributed by atoms with E-state index in [0.717, 1.165) is 12.8 Å². The summed E-state index contributed by atoms with van der Waals surface area (Å²) >= 11 is 0. The molecule has 0 aliphatic carbocycles.